The van der Waals surface area contributed by atoms with Crippen molar-refractivity contribution in [1.82, 2.24) is 4.90 Å². The Morgan fingerprint density at radius 1 is 1.00 bits per heavy atom. The van der Waals surface area contributed by atoms with Gasteiger partial charge < -0.3 is 14.5 Å². The van der Waals surface area contributed by atoms with Crippen molar-refractivity contribution in [2.75, 3.05) is 38.2 Å². The number of carbonyl (C=O) groups is 3. The molecule has 2 aliphatic rings. The summed E-state index contributed by atoms with van der Waals surface area (Å²) >= 11 is 0. The van der Waals surface area contributed by atoms with Crippen molar-refractivity contribution in [1.29, 1.82) is 0 Å². The van der Waals surface area contributed by atoms with E-state index in [2.05, 4.69) is 48.2 Å². The number of amides is 1. The highest BCUT2D eigenvalue weighted by Crippen LogP contribution is 2.34. The van der Waals surface area contributed by atoms with Crippen LogP contribution in [0.4, 0.5) is 5.69 Å². The molecule has 4 rings (SSSR count). The van der Waals surface area contributed by atoms with Gasteiger partial charge in [-0.3, -0.25) is 14.4 Å². The summed E-state index contributed by atoms with van der Waals surface area (Å²) in [5.74, 6) is 0.145. The molecule has 6 heteroatoms. The van der Waals surface area contributed by atoms with Gasteiger partial charge in [-0.25, -0.2) is 0 Å². The third kappa shape index (κ3) is 5.97. The molecule has 0 radical (unpaired) electrons. The number of carbonyl (C=O) groups excluding carboxylic acids is 3. The van der Waals surface area contributed by atoms with Gasteiger partial charge in [-0.1, -0.05) is 36.4 Å². The molecule has 0 bridgehead atoms. The highest BCUT2D eigenvalue weighted by molar-refractivity contribution is 5.86. The van der Waals surface area contributed by atoms with Gasteiger partial charge in [0.1, 0.15) is 5.78 Å². The number of esters is 1. The molecule has 2 atom stereocenters. The quantitative estimate of drug-likeness (QED) is 0.501. The lowest BCUT2D eigenvalue weighted by Gasteiger charge is -2.33. The number of anilines is 1. The number of hydrogen-bond donors (Lipinski definition) is 0. The number of Topliss-reactive ketones (excluding diaryl/α,β-unsaturated/α-hetero) is 1. The van der Waals surface area contributed by atoms with Gasteiger partial charge in [-0.2, -0.15) is 0 Å². The Kier molecular flexibility index (Phi) is 8.44. The first kappa shape index (κ1) is 25.9. The first-order valence-corrected chi connectivity index (χ1v) is 13.2. The largest absolute Gasteiger partial charge is 0.466 e. The van der Waals surface area contributed by atoms with Crippen LogP contribution in [0.25, 0.3) is 0 Å². The van der Waals surface area contributed by atoms with E-state index in [0.29, 0.717) is 32.4 Å². The molecular weight excluding hydrogens is 452 g/mol. The van der Waals surface area contributed by atoms with Gasteiger partial charge in [0.15, 0.2) is 0 Å². The van der Waals surface area contributed by atoms with Crippen LogP contribution in [0.15, 0.2) is 48.5 Å². The minimum atomic E-state index is -0.0980. The van der Waals surface area contributed by atoms with E-state index in [0.717, 1.165) is 37.2 Å². The van der Waals surface area contributed by atoms with Crippen molar-refractivity contribution < 1.29 is 19.1 Å². The molecule has 2 aliphatic heterocycles. The lowest BCUT2D eigenvalue weighted by Crippen LogP contribution is -2.40. The number of likely N-dealkylation sites (tertiary alicyclic amines) is 1. The number of hydrogen-bond acceptors (Lipinski definition) is 5. The van der Waals surface area contributed by atoms with Gasteiger partial charge in [-0.15, -0.1) is 0 Å². The molecular formula is C30H38N2O4. The Morgan fingerprint density at radius 2 is 1.69 bits per heavy atom. The van der Waals surface area contributed by atoms with Gasteiger partial charge in [0.25, 0.3) is 0 Å². The normalized spacial score (nSPS) is 19.8. The molecule has 2 unspecified atom stereocenters. The second-order valence-corrected chi connectivity index (χ2v) is 10.2. The van der Waals surface area contributed by atoms with Crippen molar-refractivity contribution in [3.8, 4) is 0 Å². The third-order valence-corrected chi connectivity index (χ3v) is 7.83. The predicted octanol–water partition coefficient (Wildman–Crippen LogP) is 4.73. The van der Waals surface area contributed by atoms with Gasteiger partial charge in [0, 0.05) is 57.0 Å². The maximum atomic E-state index is 13.4. The molecule has 2 fully saturated rings. The van der Waals surface area contributed by atoms with E-state index in [9.17, 15) is 14.4 Å². The minimum absolute atomic E-state index is 0.00829. The molecule has 0 aromatic heterocycles. The topological polar surface area (TPSA) is 66.9 Å². The number of rotatable bonds is 8. The highest BCUT2D eigenvalue weighted by Gasteiger charge is 2.31. The number of ether oxygens (including phenoxy) is 1. The van der Waals surface area contributed by atoms with Crippen molar-refractivity contribution in [2.45, 2.75) is 51.9 Å². The van der Waals surface area contributed by atoms with Crippen LogP contribution in [0.5, 0.6) is 0 Å². The molecule has 0 aliphatic carbocycles. The second kappa shape index (κ2) is 11.7. The van der Waals surface area contributed by atoms with Crippen molar-refractivity contribution in [3.05, 3.63) is 65.2 Å². The number of benzene rings is 2. The van der Waals surface area contributed by atoms with Crippen LogP contribution in [0.1, 0.15) is 61.6 Å². The third-order valence-electron chi connectivity index (χ3n) is 7.83. The molecule has 0 spiro atoms. The van der Waals surface area contributed by atoms with Gasteiger partial charge in [-0.05, 0) is 61.9 Å². The highest BCUT2D eigenvalue weighted by atomic mass is 16.5. The maximum absolute atomic E-state index is 13.4. The van der Waals surface area contributed by atoms with Crippen LogP contribution >= 0.6 is 0 Å². The van der Waals surface area contributed by atoms with Crippen molar-refractivity contribution >= 4 is 23.3 Å². The van der Waals surface area contributed by atoms with Crippen LogP contribution in [0.3, 0.4) is 0 Å². The summed E-state index contributed by atoms with van der Waals surface area (Å²) in [5.41, 5.74) is 4.62. The van der Waals surface area contributed by atoms with Gasteiger partial charge in [0.05, 0.1) is 12.5 Å². The molecule has 2 heterocycles. The molecule has 1 amide bonds. The summed E-state index contributed by atoms with van der Waals surface area (Å²) in [5, 5.41) is 0. The zero-order valence-electron chi connectivity index (χ0n) is 21.7. The van der Waals surface area contributed by atoms with Gasteiger partial charge in [0.2, 0.25) is 5.91 Å². The number of aryl methyl sites for hydroxylation is 1. The molecule has 2 aromatic carbocycles. The van der Waals surface area contributed by atoms with E-state index in [4.69, 9.17) is 4.74 Å². The van der Waals surface area contributed by atoms with Crippen LogP contribution < -0.4 is 4.90 Å². The van der Waals surface area contributed by atoms with E-state index in [1.807, 2.05) is 19.1 Å². The van der Waals surface area contributed by atoms with Crippen molar-refractivity contribution in [2.24, 2.45) is 11.8 Å². The Hall–Kier alpha value is -3.15. The summed E-state index contributed by atoms with van der Waals surface area (Å²) < 4.78 is 5.20. The summed E-state index contributed by atoms with van der Waals surface area (Å²) in [7, 11) is 1.79. The van der Waals surface area contributed by atoms with Crippen LogP contribution in [0, 0.1) is 18.8 Å². The standard InChI is InChI=1S/C30H38N2O4/c1-4-36-30(35)23-15-17-32(18-16-23)25-12-9-22(10-13-25)27(26-8-6-5-7-21(26)2)19-28(33)24-11-14-29(34)31(3)20-24/h5-10,12-13,23-24,27H,4,11,14-20H2,1-3H3. The number of piperidine rings is 2. The summed E-state index contributed by atoms with van der Waals surface area (Å²) in [6.07, 6.45) is 3.13. The fourth-order valence-electron chi connectivity index (χ4n) is 5.58. The molecule has 2 saturated heterocycles. The Bertz CT molecular complexity index is 1070. The van der Waals surface area contributed by atoms with E-state index in [-0.39, 0.29) is 35.4 Å². The molecule has 0 saturated carbocycles. The summed E-state index contributed by atoms with van der Waals surface area (Å²) in [6.45, 7) is 6.55. The van der Waals surface area contributed by atoms with E-state index in [1.165, 1.54) is 11.1 Å². The van der Waals surface area contributed by atoms with Crippen molar-refractivity contribution in [3.63, 3.8) is 0 Å². The average molecular weight is 491 g/mol. The Balaban J connectivity index is 1.49. The molecule has 2 aromatic rings. The van der Waals surface area contributed by atoms with Gasteiger partial charge >= 0.3 is 5.97 Å². The van der Waals surface area contributed by atoms with E-state index >= 15 is 0 Å². The second-order valence-electron chi connectivity index (χ2n) is 10.2. The SMILES string of the molecule is CCOC(=O)C1CCN(c2ccc(C(CC(=O)C3CCC(=O)N(C)C3)c3ccccc3C)cc2)CC1. The first-order chi connectivity index (χ1) is 17.4. The molecule has 0 N–H and O–H groups in total. The number of ketones is 1. The van der Waals surface area contributed by atoms with Crippen LogP contribution in [0.2, 0.25) is 0 Å². The Labute approximate surface area is 214 Å². The molecule has 36 heavy (non-hydrogen) atoms. The fourth-order valence-corrected chi connectivity index (χ4v) is 5.58. The van der Waals surface area contributed by atoms with Crippen LogP contribution in [-0.4, -0.2) is 55.8 Å². The molecule has 192 valence electrons. The molecule has 6 nitrogen and oxygen atoms in total. The monoisotopic (exact) mass is 490 g/mol. The predicted molar refractivity (Wildman–Crippen MR) is 141 cm³/mol. The van der Waals surface area contributed by atoms with E-state index < -0.39 is 0 Å². The zero-order chi connectivity index (χ0) is 25.7. The Morgan fingerprint density at radius 3 is 2.33 bits per heavy atom. The zero-order valence-corrected chi connectivity index (χ0v) is 21.7. The maximum Gasteiger partial charge on any atom is 0.309 e. The first-order valence-electron chi connectivity index (χ1n) is 13.2. The fraction of sp³-hybridized carbons (Fsp3) is 0.500. The summed E-state index contributed by atoms with van der Waals surface area (Å²) in [4.78, 5) is 41.4. The number of nitrogens with zero attached hydrogens (tertiary/aromatic N) is 2. The lowest BCUT2D eigenvalue weighted by molar-refractivity contribution is -0.148. The minimum Gasteiger partial charge on any atom is -0.466 e. The lowest BCUT2D eigenvalue weighted by atomic mass is 9.81. The average Bonchev–Trinajstić information content (AvgIpc) is 2.89. The van der Waals surface area contributed by atoms with E-state index in [1.54, 1.807) is 11.9 Å². The van der Waals surface area contributed by atoms with Crippen LogP contribution in [-0.2, 0) is 19.1 Å². The smallest absolute Gasteiger partial charge is 0.309 e. The summed E-state index contributed by atoms with van der Waals surface area (Å²) in [6, 6.07) is 16.9.